The van der Waals surface area contributed by atoms with Gasteiger partial charge in [-0.05, 0) is 24.8 Å². The average molecular weight is 289 g/mol. The van der Waals surface area contributed by atoms with Gasteiger partial charge in [-0.25, -0.2) is 0 Å². The van der Waals surface area contributed by atoms with E-state index in [2.05, 4.69) is 24.5 Å². The van der Waals surface area contributed by atoms with Crippen LogP contribution in [0.4, 0.5) is 13.2 Å². The van der Waals surface area contributed by atoms with Gasteiger partial charge in [0.15, 0.2) is 0 Å². The summed E-state index contributed by atoms with van der Waals surface area (Å²) >= 11 is 0. The number of hydrogen-bond acceptors (Lipinski definition) is 2. The van der Waals surface area contributed by atoms with E-state index in [0.717, 1.165) is 19.4 Å². The van der Waals surface area contributed by atoms with Crippen LogP contribution in [-0.2, 0) is 4.79 Å². The number of hydrogen-bond donors (Lipinski definition) is 2. The third kappa shape index (κ3) is 5.91. The Morgan fingerprint density at radius 3 is 2.56 bits per heavy atom. The smallest absolute Gasteiger partial charge is 0.354 e. The van der Waals surface area contributed by atoms with E-state index in [4.69, 9.17) is 0 Å². The van der Waals surface area contributed by atoms with E-state index < -0.39 is 18.5 Å². The Morgan fingerprint density at radius 2 is 2.06 bits per heavy atom. The van der Waals surface area contributed by atoms with Gasteiger partial charge < -0.3 is 10.6 Å². The van der Waals surface area contributed by atoms with Crippen LogP contribution >= 0.6 is 12.4 Å². The van der Waals surface area contributed by atoms with E-state index in [1.165, 1.54) is 0 Å². The second-order valence-corrected chi connectivity index (χ2v) is 5.19. The van der Waals surface area contributed by atoms with Gasteiger partial charge in [-0.2, -0.15) is 13.2 Å². The third-order valence-electron chi connectivity index (χ3n) is 3.20. The topological polar surface area (TPSA) is 41.1 Å². The number of carbonyl (C=O) groups is 1. The van der Waals surface area contributed by atoms with Crippen LogP contribution in [0.15, 0.2) is 0 Å². The highest BCUT2D eigenvalue weighted by Gasteiger charge is 2.34. The zero-order chi connectivity index (χ0) is 13.1. The van der Waals surface area contributed by atoms with E-state index in [-0.39, 0.29) is 30.4 Å². The molecular weight excluding hydrogens is 269 g/mol. The highest BCUT2D eigenvalue weighted by Crippen LogP contribution is 2.29. The molecule has 108 valence electrons. The first-order valence-electron chi connectivity index (χ1n) is 5.77. The monoisotopic (exact) mass is 288 g/mol. The van der Waals surface area contributed by atoms with Crippen molar-refractivity contribution in [3.05, 3.63) is 0 Å². The summed E-state index contributed by atoms with van der Waals surface area (Å²) in [6.07, 6.45) is -3.76. The second kappa shape index (κ2) is 6.61. The highest BCUT2D eigenvalue weighted by atomic mass is 35.5. The molecule has 0 aromatic heterocycles. The van der Waals surface area contributed by atoms with Crippen molar-refractivity contribution in [1.29, 1.82) is 0 Å². The molecule has 0 aromatic rings. The molecule has 7 heteroatoms. The van der Waals surface area contributed by atoms with Crippen molar-refractivity contribution in [2.45, 2.75) is 45.3 Å². The summed E-state index contributed by atoms with van der Waals surface area (Å²) in [6, 6.07) is 0.0356. The van der Waals surface area contributed by atoms with Crippen molar-refractivity contribution in [3.8, 4) is 0 Å². The maximum absolute atomic E-state index is 11.9. The molecular formula is C11H20ClF3N2O. The number of amides is 1. The van der Waals surface area contributed by atoms with Gasteiger partial charge in [0.2, 0.25) is 5.91 Å². The Morgan fingerprint density at radius 1 is 1.44 bits per heavy atom. The van der Waals surface area contributed by atoms with E-state index >= 15 is 0 Å². The summed E-state index contributed by atoms with van der Waals surface area (Å²) in [4.78, 5) is 11.1. The first-order chi connectivity index (χ1) is 7.71. The van der Waals surface area contributed by atoms with Gasteiger partial charge in [0, 0.05) is 12.6 Å². The molecule has 1 aliphatic rings. The standard InChI is InChI=1S/C11H19F3N2O.ClH/c1-10(2)4-3-5-15-8(10)7-16-9(17)6-11(12,13)14;/h8,15H,3-7H2,1-2H3,(H,16,17);1H. The first-order valence-corrected chi connectivity index (χ1v) is 5.77. The molecule has 1 atom stereocenters. The summed E-state index contributed by atoms with van der Waals surface area (Å²) in [7, 11) is 0. The molecule has 1 heterocycles. The van der Waals surface area contributed by atoms with Crippen LogP contribution in [0.3, 0.4) is 0 Å². The fourth-order valence-corrected chi connectivity index (χ4v) is 2.08. The van der Waals surface area contributed by atoms with Gasteiger partial charge in [-0.3, -0.25) is 4.79 Å². The zero-order valence-corrected chi connectivity index (χ0v) is 11.4. The van der Waals surface area contributed by atoms with Gasteiger partial charge in [-0.15, -0.1) is 12.4 Å². The molecule has 0 spiro atoms. The lowest BCUT2D eigenvalue weighted by molar-refractivity contribution is -0.153. The molecule has 0 saturated carbocycles. The van der Waals surface area contributed by atoms with Crippen molar-refractivity contribution < 1.29 is 18.0 Å². The molecule has 3 nitrogen and oxygen atoms in total. The van der Waals surface area contributed by atoms with Crippen molar-refractivity contribution in [1.82, 2.24) is 10.6 Å². The highest BCUT2D eigenvalue weighted by molar-refractivity contribution is 5.85. The summed E-state index contributed by atoms with van der Waals surface area (Å²) in [5, 5.41) is 5.57. The quantitative estimate of drug-likeness (QED) is 0.836. The van der Waals surface area contributed by atoms with Crippen LogP contribution in [-0.4, -0.2) is 31.2 Å². The maximum Gasteiger partial charge on any atom is 0.397 e. The van der Waals surface area contributed by atoms with Crippen LogP contribution in [0.25, 0.3) is 0 Å². The van der Waals surface area contributed by atoms with E-state index in [1.54, 1.807) is 0 Å². The number of halogens is 4. The largest absolute Gasteiger partial charge is 0.397 e. The number of carbonyl (C=O) groups excluding carboxylic acids is 1. The molecule has 1 amide bonds. The summed E-state index contributed by atoms with van der Waals surface area (Å²) in [5.41, 5.74) is 0.00373. The van der Waals surface area contributed by atoms with Crippen molar-refractivity contribution in [2.24, 2.45) is 5.41 Å². The number of nitrogens with one attached hydrogen (secondary N) is 2. The van der Waals surface area contributed by atoms with E-state index in [1.807, 2.05) is 0 Å². The molecule has 1 unspecified atom stereocenters. The number of rotatable bonds is 3. The number of alkyl halides is 3. The molecule has 1 fully saturated rings. The minimum Gasteiger partial charge on any atom is -0.354 e. The van der Waals surface area contributed by atoms with Crippen molar-refractivity contribution in [2.75, 3.05) is 13.1 Å². The average Bonchev–Trinajstić information content (AvgIpc) is 2.12. The van der Waals surface area contributed by atoms with Crippen LogP contribution < -0.4 is 10.6 Å². The fraction of sp³-hybridized carbons (Fsp3) is 0.909. The van der Waals surface area contributed by atoms with Crippen LogP contribution in [0.1, 0.15) is 33.1 Å². The maximum atomic E-state index is 11.9. The Balaban J connectivity index is 0.00000289. The summed E-state index contributed by atoms with van der Waals surface area (Å²) < 4.78 is 35.8. The van der Waals surface area contributed by atoms with Crippen molar-refractivity contribution >= 4 is 18.3 Å². The molecule has 1 aliphatic heterocycles. The van der Waals surface area contributed by atoms with Gasteiger partial charge >= 0.3 is 6.18 Å². The zero-order valence-electron chi connectivity index (χ0n) is 10.6. The van der Waals surface area contributed by atoms with Gasteiger partial charge in [0.25, 0.3) is 0 Å². The third-order valence-corrected chi connectivity index (χ3v) is 3.20. The predicted octanol–water partition coefficient (Wildman–Crippen LogP) is 2.25. The second-order valence-electron chi connectivity index (χ2n) is 5.19. The minimum absolute atomic E-state index is 0. The number of piperidine rings is 1. The minimum atomic E-state index is -4.43. The molecule has 0 aliphatic carbocycles. The lowest BCUT2D eigenvalue weighted by atomic mass is 9.77. The Hall–Kier alpha value is -0.490. The van der Waals surface area contributed by atoms with Crippen molar-refractivity contribution in [3.63, 3.8) is 0 Å². The molecule has 0 bridgehead atoms. The Bertz CT molecular complexity index is 282. The Kier molecular flexibility index (Phi) is 6.43. The Labute approximate surface area is 111 Å². The SMILES string of the molecule is CC1(C)CCCNC1CNC(=O)CC(F)(F)F.Cl. The van der Waals surface area contributed by atoms with Gasteiger partial charge in [0.05, 0.1) is 0 Å². The van der Waals surface area contributed by atoms with Crippen LogP contribution in [0.5, 0.6) is 0 Å². The van der Waals surface area contributed by atoms with Crippen LogP contribution in [0.2, 0.25) is 0 Å². The normalized spacial score (nSPS) is 23.1. The van der Waals surface area contributed by atoms with Gasteiger partial charge in [0.1, 0.15) is 6.42 Å². The molecule has 0 aromatic carbocycles. The molecule has 18 heavy (non-hydrogen) atoms. The summed E-state index contributed by atoms with van der Waals surface area (Å²) in [6.45, 7) is 5.21. The predicted molar refractivity (Wildman–Crippen MR) is 65.7 cm³/mol. The summed E-state index contributed by atoms with van der Waals surface area (Å²) in [5.74, 6) is -0.958. The van der Waals surface area contributed by atoms with E-state index in [0.29, 0.717) is 0 Å². The molecule has 0 radical (unpaired) electrons. The lowest BCUT2D eigenvalue weighted by Crippen LogP contribution is -2.53. The molecule has 1 saturated heterocycles. The molecule has 1 rings (SSSR count). The van der Waals surface area contributed by atoms with Crippen LogP contribution in [0, 0.1) is 5.41 Å². The lowest BCUT2D eigenvalue weighted by Gasteiger charge is -2.39. The van der Waals surface area contributed by atoms with Gasteiger partial charge in [-0.1, -0.05) is 13.8 Å². The molecule has 2 N–H and O–H groups in total. The van der Waals surface area contributed by atoms with E-state index in [9.17, 15) is 18.0 Å². The first kappa shape index (κ1) is 17.5. The fourth-order valence-electron chi connectivity index (χ4n) is 2.08.